The van der Waals surface area contributed by atoms with Crippen LogP contribution in [0.2, 0.25) is 0 Å². The first-order valence-corrected chi connectivity index (χ1v) is 11.2. The van der Waals surface area contributed by atoms with Gasteiger partial charge in [0.05, 0.1) is 17.6 Å². The van der Waals surface area contributed by atoms with Crippen LogP contribution in [0.4, 0.5) is 18.9 Å². The predicted molar refractivity (Wildman–Crippen MR) is 120 cm³/mol. The van der Waals surface area contributed by atoms with Gasteiger partial charge in [-0.25, -0.2) is 0 Å². The van der Waals surface area contributed by atoms with Gasteiger partial charge in [-0.15, -0.1) is 0 Å². The quantitative estimate of drug-likeness (QED) is 0.757. The molecule has 0 spiro atoms. The molecule has 2 fully saturated rings. The lowest BCUT2D eigenvalue weighted by atomic mass is 9.93. The van der Waals surface area contributed by atoms with Gasteiger partial charge < -0.3 is 10.2 Å². The second-order valence-corrected chi connectivity index (χ2v) is 10.2. The van der Waals surface area contributed by atoms with Crippen LogP contribution in [0.5, 0.6) is 0 Å². The number of aromatic nitrogens is 1. The minimum atomic E-state index is -4.46. The summed E-state index contributed by atoms with van der Waals surface area (Å²) in [6, 6.07) is 5.96. The highest BCUT2D eigenvalue weighted by Crippen LogP contribution is 2.38. The molecule has 8 heteroatoms. The van der Waals surface area contributed by atoms with E-state index in [0.29, 0.717) is 24.4 Å². The number of alkyl halides is 3. The maximum absolute atomic E-state index is 13.5. The second-order valence-electron chi connectivity index (χ2n) is 10.2. The third-order valence-electron chi connectivity index (χ3n) is 6.54. The Morgan fingerprint density at radius 1 is 1.25 bits per heavy atom. The van der Waals surface area contributed by atoms with Crippen LogP contribution < -0.4 is 10.2 Å². The highest BCUT2D eigenvalue weighted by atomic mass is 19.4. The number of nitrogens with one attached hydrogen (secondary N) is 1. The maximum atomic E-state index is 13.5. The Morgan fingerprint density at radius 2 is 2.03 bits per heavy atom. The summed E-state index contributed by atoms with van der Waals surface area (Å²) in [4.78, 5) is 21.0. The van der Waals surface area contributed by atoms with E-state index in [0.717, 1.165) is 44.2 Å². The monoisotopic (exact) mass is 448 g/mol. The average Bonchev–Trinajstić information content (AvgIpc) is 3.03. The molecule has 1 N–H and O–H groups in total. The molecule has 3 heterocycles. The first-order valence-electron chi connectivity index (χ1n) is 11.2. The molecule has 5 nitrogen and oxygen atoms in total. The molecule has 174 valence electrons. The van der Waals surface area contributed by atoms with Gasteiger partial charge in [0.1, 0.15) is 0 Å². The summed E-state index contributed by atoms with van der Waals surface area (Å²) >= 11 is 0. The molecule has 1 aromatic heterocycles. The second kappa shape index (κ2) is 8.54. The summed E-state index contributed by atoms with van der Waals surface area (Å²) in [5.41, 5.74) is 0.218. The number of halogens is 3. The fourth-order valence-corrected chi connectivity index (χ4v) is 5.15. The van der Waals surface area contributed by atoms with Gasteiger partial charge in [0.25, 0.3) is 0 Å². The zero-order valence-corrected chi connectivity index (χ0v) is 18.9. The number of carbonyl (C=O) groups excluding carboxylic acids is 1. The van der Waals surface area contributed by atoms with E-state index >= 15 is 0 Å². The largest absolute Gasteiger partial charge is 0.418 e. The number of likely N-dealkylation sites (tertiary alicyclic amines) is 1. The number of rotatable bonds is 4. The molecule has 2 atom stereocenters. The Bertz CT molecular complexity index is 991. The Kier molecular flexibility index (Phi) is 6.09. The third kappa shape index (κ3) is 5.00. The van der Waals surface area contributed by atoms with Crippen molar-refractivity contribution in [2.75, 3.05) is 37.6 Å². The van der Waals surface area contributed by atoms with Crippen LogP contribution in [0.25, 0.3) is 10.9 Å². The lowest BCUT2D eigenvalue weighted by Crippen LogP contribution is -2.52. The molecule has 0 saturated carbocycles. The molecule has 2 saturated heterocycles. The third-order valence-corrected chi connectivity index (χ3v) is 6.54. The van der Waals surface area contributed by atoms with Gasteiger partial charge in [0, 0.05) is 42.9 Å². The number of piperidine rings is 1. The zero-order valence-electron chi connectivity index (χ0n) is 18.9. The van der Waals surface area contributed by atoms with Crippen molar-refractivity contribution in [1.29, 1.82) is 0 Å². The van der Waals surface area contributed by atoms with Gasteiger partial charge in [0.15, 0.2) is 0 Å². The van der Waals surface area contributed by atoms with Gasteiger partial charge in [-0.2, -0.15) is 13.2 Å². The topological polar surface area (TPSA) is 48.5 Å². The molecule has 1 aromatic carbocycles. The molecule has 4 rings (SSSR count). The van der Waals surface area contributed by atoms with Crippen molar-refractivity contribution in [3.8, 4) is 0 Å². The van der Waals surface area contributed by atoms with Crippen molar-refractivity contribution in [3.63, 3.8) is 0 Å². The molecule has 0 aliphatic carbocycles. The summed E-state index contributed by atoms with van der Waals surface area (Å²) in [5.74, 6) is 0.314. The van der Waals surface area contributed by atoms with Crippen LogP contribution >= 0.6 is 0 Å². The molecule has 0 bridgehead atoms. The molecule has 2 aliphatic heterocycles. The predicted octanol–water partition coefficient (Wildman–Crippen LogP) is 4.32. The van der Waals surface area contributed by atoms with Gasteiger partial charge >= 0.3 is 6.18 Å². The molecule has 2 aromatic rings. The molecule has 0 radical (unpaired) electrons. The van der Waals surface area contributed by atoms with Gasteiger partial charge in [0.2, 0.25) is 5.91 Å². The Morgan fingerprint density at radius 3 is 2.72 bits per heavy atom. The number of hydrogen-bond donors (Lipinski definition) is 1. The normalized spacial score (nSPS) is 24.1. The highest BCUT2D eigenvalue weighted by molar-refractivity contribution is 5.94. The van der Waals surface area contributed by atoms with E-state index in [1.807, 2.05) is 0 Å². The first-order chi connectivity index (χ1) is 15.0. The number of amides is 1. The Balaban J connectivity index is 1.50. The minimum Gasteiger partial charge on any atom is -0.369 e. The summed E-state index contributed by atoms with van der Waals surface area (Å²) in [6.45, 7) is 10.1. The van der Waals surface area contributed by atoms with Crippen molar-refractivity contribution in [2.45, 2.75) is 45.8 Å². The van der Waals surface area contributed by atoms with Crippen molar-refractivity contribution < 1.29 is 18.0 Å². The van der Waals surface area contributed by atoms with Crippen LogP contribution in [0.3, 0.4) is 0 Å². The number of pyridine rings is 1. The van der Waals surface area contributed by atoms with E-state index in [9.17, 15) is 18.0 Å². The van der Waals surface area contributed by atoms with Gasteiger partial charge in [-0.3, -0.25) is 14.7 Å². The molecular weight excluding hydrogens is 417 g/mol. The molecule has 2 aliphatic rings. The average molecular weight is 449 g/mol. The maximum Gasteiger partial charge on any atom is 0.418 e. The summed E-state index contributed by atoms with van der Waals surface area (Å²) in [5, 5.41) is 3.66. The lowest BCUT2D eigenvalue weighted by molar-refractivity contribution is -0.136. The van der Waals surface area contributed by atoms with Crippen LogP contribution in [0.1, 0.15) is 39.2 Å². The Labute approximate surface area is 187 Å². The van der Waals surface area contributed by atoms with E-state index in [1.165, 1.54) is 12.3 Å². The molecule has 1 amide bonds. The summed E-state index contributed by atoms with van der Waals surface area (Å²) in [6.07, 6.45) is -1.13. The fraction of sp³-hybridized carbons (Fsp3) is 0.583. The zero-order chi connectivity index (χ0) is 23.1. The van der Waals surface area contributed by atoms with Crippen molar-refractivity contribution in [1.82, 2.24) is 15.2 Å². The van der Waals surface area contributed by atoms with Gasteiger partial charge in [-0.1, -0.05) is 20.8 Å². The minimum absolute atomic E-state index is 0.0145. The summed E-state index contributed by atoms with van der Waals surface area (Å²) in [7, 11) is 0. The number of nitrogens with zero attached hydrogens (tertiary/aromatic N) is 3. The fourth-order valence-electron chi connectivity index (χ4n) is 5.15. The van der Waals surface area contributed by atoms with Gasteiger partial charge in [-0.05, 0) is 55.0 Å². The first kappa shape index (κ1) is 22.8. The molecular formula is C24H31F3N4O. The van der Waals surface area contributed by atoms with Crippen molar-refractivity contribution in [2.24, 2.45) is 11.3 Å². The standard InChI is InChI=1S/C24H31F3N4O/c1-16-11-17(29-21(32)14-30-10-8-23(2,3)15-30)13-31(12-16)20-7-6-19(24(25,26)27)22-18(20)5-4-9-28-22/h4-7,9,16-17H,8,10-15H2,1-3H3,(H,29,32)/t16-,17+/m0/s1. The SMILES string of the molecule is C[C@H]1C[C@@H](NC(=O)CN2CCC(C)(C)C2)CN(c2ccc(C(F)(F)F)c3ncccc23)C1. The summed E-state index contributed by atoms with van der Waals surface area (Å²) < 4.78 is 40.4. The van der Waals surface area contributed by atoms with E-state index in [1.54, 1.807) is 12.1 Å². The van der Waals surface area contributed by atoms with Crippen LogP contribution in [0, 0.1) is 11.3 Å². The number of carbonyl (C=O) groups is 1. The lowest BCUT2D eigenvalue weighted by Gasteiger charge is -2.39. The van der Waals surface area contributed by atoms with Crippen molar-refractivity contribution in [3.05, 3.63) is 36.0 Å². The number of anilines is 1. The number of fused-ring (bicyclic) bond motifs is 1. The van der Waals surface area contributed by atoms with E-state index in [2.05, 4.69) is 40.9 Å². The van der Waals surface area contributed by atoms with E-state index < -0.39 is 11.7 Å². The highest BCUT2D eigenvalue weighted by Gasteiger charge is 2.35. The van der Waals surface area contributed by atoms with E-state index in [-0.39, 0.29) is 22.9 Å². The molecule has 32 heavy (non-hydrogen) atoms. The number of benzene rings is 1. The van der Waals surface area contributed by atoms with Crippen molar-refractivity contribution >= 4 is 22.5 Å². The smallest absolute Gasteiger partial charge is 0.369 e. The van der Waals surface area contributed by atoms with E-state index in [4.69, 9.17) is 0 Å². The Hall–Kier alpha value is -2.35. The van der Waals surface area contributed by atoms with Crippen LogP contribution in [-0.4, -0.2) is 54.6 Å². The number of hydrogen-bond acceptors (Lipinski definition) is 4. The molecule has 0 unspecified atom stereocenters. The van der Waals surface area contributed by atoms with Crippen LogP contribution in [0.15, 0.2) is 30.5 Å². The van der Waals surface area contributed by atoms with Crippen LogP contribution in [-0.2, 0) is 11.0 Å².